The van der Waals surface area contributed by atoms with Gasteiger partial charge in [0.15, 0.2) is 0 Å². The predicted octanol–water partition coefficient (Wildman–Crippen LogP) is 0.994. The van der Waals surface area contributed by atoms with E-state index in [2.05, 4.69) is 4.90 Å². The summed E-state index contributed by atoms with van der Waals surface area (Å²) in [6, 6.07) is 0.669. The van der Waals surface area contributed by atoms with E-state index in [1.54, 1.807) is 0 Å². The molecule has 0 aliphatic heterocycles. The maximum Gasteiger partial charge on any atom is 0.0664 e. The second-order valence-electron chi connectivity index (χ2n) is 4.22. The lowest BCUT2D eigenvalue weighted by Gasteiger charge is -2.38. The third kappa shape index (κ3) is 3.56. The normalized spacial score (nSPS) is 19.7. The minimum absolute atomic E-state index is 0.200. The predicted molar refractivity (Wildman–Crippen MR) is 57.2 cm³/mol. The molecule has 3 heteroatoms. The van der Waals surface area contributed by atoms with E-state index in [-0.39, 0.29) is 12.7 Å². The molecule has 0 aromatic carbocycles. The van der Waals surface area contributed by atoms with Crippen molar-refractivity contribution in [2.24, 2.45) is 0 Å². The molecule has 0 heterocycles. The molecule has 2 N–H and O–H groups in total. The van der Waals surface area contributed by atoms with Crippen molar-refractivity contribution in [3.63, 3.8) is 0 Å². The third-order valence-corrected chi connectivity index (χ3v) is 3.11. The highest BCUT2D eigenvalue weighted by Crippen LogP contribution is 2.25. The van der Waals surface area contributed by atoms with Crippen molar-refractivity contribution < 1.29 is 10.2 Å². The topological polar surface area (TPSA) is 43.7 Å². The lowest BCUT2D eigenvalue weighted by molar-refractivity contribution is 0.0525. The van der Waals surface area contributed by atoms with E-state index in [1.165, 1.54) is 19.3 Å². The quantitative estimate of drug-likeness (QED) is 0.645. The summed E-state index contributed by atoms with van der Waals surface area (Å²) < 4.78 is 0. The Kier molecular flexibility index (Phi) is 5.45. The van der Waals surface area contributed by atoms with Crippen molar-refractivity contribution in [1.82, 2.24) is 4.90 Å². The van der Waals surface area contributed by atoms with Gasteiger partial charge in [-0.2, -0.15) is 0 Å². The van der Waals surface area contributed by atoms with E-state index < -0.39 is 0 Å². The van der Waals surface area contributed by atoms with Crippen molar-refractivity contribution in [3.8, 4) is 0 Å². The van der Waals surface area contributed by atoms with Gasteiger partial charge in [-0.05, 0) is 25.7 Å². The zero-order valence-electron chi connectivity index (χ0n) is 9.15. The molecule has 0 saturated heterocycles. The zero-order valence-corrected chi connectivity index (χ0v) is 9.15. The molecule has 0 aromatic heterocycles. The number of aliphatic hydroxyl groups is 2. The second kappa shape index (κ2) is 6.38. The standard InChI is InChI=1S/C11H23NO2/c1-2-11(14)9-12(7-4-8-13)10-5-3-6-10/h10-11,13-14H,2-9H2,1H3. The molecule has 0 bridgehead atoms. The van der Waals surface area contributed by atoms with Crippen LogP contribution in [0.5, 0.6) is 0 Å². The summed E-state index contributed by atoms with van der Waals surface area (Å²) in [5.74, 6) is 0. The Hall–Kier alpha value is -0.120. The van der Waals surface area contributed by atoms with Gasteiger partial charge in [0.2, 0.25) is 0 Å². The summed E-state index contributed by atoms with van der Waals surface area (Å²) in [5.41, 5.74) is 0. The molecule has 1 aliphatic rings. The average Bonchev–Trinajstić information content (AvgIpc) is 2.11. The first-order valence-corrected chi connectivity index (χ1v) is 5.81. The van der Waals surface area contributed by atoms with Gasteiger partial charge in [-0.25, -0.2) is 0 Å². The molecular weight excluding hydrogens is 178 g/mol. The molecule has 14 heavy (non-hydrogen) atoms. The molecule has 1 saturated carbocycles. The Morgan fingerprint density at radius 2 is 2.14 bits per heavy atom. The maximum absolute atomic E-state index is 9.59. The van der Waals surface area contributed by atoms with Gasteiger partial charge in [0.1, 0.15) is 0 Å². The van der Waals surface area contributed by atoms with Gasteiger partial charge in [0, 0.05) is 25.7 Å². The van der Waals surface area contributed by atoms with Gasteiger partial charge in [-0.3, -0.25) is 4.90 Å². The highest BCUT2D eigenvalue weighted by Gasteiger charge is 2.25. The highest BCUT2D eigenvalue weighted by atomic mass is 16.3. The molecule has 1 fully saturated rings. The van der Waals surface area contributed by atoms with Crippen molar-refractivity contribution in [2.45, 2.75) is 51.2 Å². The van der Waals surface area contributed by atoms with Crippen LogP contribution in [0.25, 0.3) is 0 Å². The van der Waals surface area contributed by atoms with Crippen molar-refractivity contribution in [1.29, 1.82) is 0 Å². The Balaban J connectivity index is 2.27. The first kappa shape index (κ1) is 12.0. The third-order valence-electron chi connectivity index (χ3n) is 3.11. The summed E-state index contributed by atoms with van der Waals surface area (Å²) in [6.07, 6.45) is 5.30. The molecule has 1 unspecified atom stereocenters. The van der Waals surface area contributed by atoms with Crippen LogP contribution in [-0.2, 0) is 0 Å². The lowest BCUT2D eigenvalue weighted by atomic mass is 9.91. The minimum atomic E-state index is -0.200. The fourth-order valence-corrected chi connectivity index (χ4v) is 1.85. The van der Waals surface area contributed by atoms with Crippen LogP contribution in [0.15, 0.2) is 0 Å². The Labute approximate surface area is 86.7 Å². The first-order valence-electron chi connectivity index (χ1n) is 5.81. The van der Waals surface area contributed by atoms with Crippen LogP contribution in [0.1, 0.15) is 39.0 Å². The maximum atomic E-state index is 9.59. The van der Waals surface area contributed by atoms with Crippen LogP contribution in [0.3, 0.4) is 0 Å². The zero-order chi connectivity index (χ0) is 10.4. The number of hydrogen-bond acceptors (Lipinski definition) is 3. The van der Waals surface area contributed by atoms with Gasteiger partial charge in [-0.1, -0.05) is 13.3 Å². The summed E-state index contributed by atoms with van der Waals surface area (Å²) in [4.78, 5) is 2.34. The molecule has 0 radical (unpaired) electrons. The molecule has 1 atom stereocenters. The Bertz CT molecular complexity index is 148. The van der Waals surface area contributed by atoms with E-state index in [0.29, 0.717) is 6.04 Å². The van der Waals surface area contributed by atoms with Crippen LogP contribution in [0.2, 0.25) is 0 Å². The number of aliphatic hydroxyl groups excluding tert-OH is 2. The first-order chi connectivity index (χ1) is 6.77. The fourth-order valence-electron chi connectivity index (χ4n) is 1.85. The van der Waals surface area contributed by atoms with Gasteiger partial charge >= 0.3 is 0 Å². The largest absolute Gasteiger partial charge is 0.396 e. The number of hydrogen-bond donors (Lipinski definition) is 2. The molecule has 84 valence electrons. The Morgan fingerprint density at radius 1 is 1.43 bits per heavy atom. The van der Waals surface area contributed by atoms with E-state index >= 15 is 0 Å². The highest BCUT2D eigenvalue weighted by molar-refractivity contribution is 4.81. The molecule has 1 aliphatic carbocycles. The van der Waals surface area contributed by atoms with E-state index in [4.69, 9.17) is 5.11 Å². The van der Waals surface area contributed by atoms with E-state index in [9.17, 15) is 5.11 Å². The van der Waals surface area contributed by atoms with E-state index in [1.807, 2.05) is 6.92 Å². The fraction of sp³-hybridized carbons (Fsp3) is 1.00. The monoisotopic (exact) mass is 201 g/mol. The molecule has 1 rings (SSSR count). The number of nitrogens with zero attached hydrogens (tertiary/aromatic N) is 1. The van der Waals surface area contributed by atoms with E-state index in [0.717, 1.165) is 25.9 Å². The molecule has 0 aromatic rings. The van der Waals surface area contributed by atoms with Gasteiger partial charge in [0.05, 0.1) is 6.10 Å². The van der Waals surface area contributed by atoms with Gasteiger partial charge in [-0.15, -0.1) is 0 Å². The van der Waals surface area contributed by atoms with Crippen molar-refractivity contribution in [3.05, 3.63) is 0 Å². The van der Waals surface area contributed by atoms with Crippen LogP contribution in [-0.4, -0.2) is 47.0 Å². The lowest BCUT2D eigenvalue weighted by Crippen LogP contribution is -2.44. The molecule has 0 amide bonds. The number of rotatable bonds is 7. The summed E-state index contributed by atoms with van der Waals surface area (Å²) >= 11 is 0. The smallest absolute Gasteiger partial charge is 0.0664 e. The summed E-state index contributed by atoms with van der Waals surface area (Å²) in [6.45, 7) is 3.97. The molecule has 3 nitrogen and oxygen atoms in total. The van der Waals surface area contributed by atoms with Crippen LogP contribution < -0.4 is 0 Å². The van der Waals surface area contributed by atoms with Crippen molar-refractivity contribution in [2.75, 3.05) is 19.7 Å². The van der Waals surface area contributed by atoms with Crippen LogP contribution >= 0.6 is 0 Å². The van der Waals surface area contributed by atoms with Gasteiger partial charge in [0.25, 0.3) is 0 Å². The molecule has 0 spiro atoms. The second-order valence-corrected chi connectivity index (χ2v) is 4.22. The minimum Gasteiger partial charge on any atom is -0.396 e. The average molecular weight is 201 g/mol. The van der Waals surface area contributed by atoms with Crippen molar-refractivity contribution >= 4 is 0 Å². The SMILES string of the molecule is CCC(O)CN(CCCO)C1CCC1. The Morgan fingerprint density at radius 3 is 2.57 bits per heavy atom. The summed E-state index contributed by atoms with van der Waals surface area (Å²) in [5, 5.41) is 18.4. The van der Waals surface area contributed by atoms with Gasteiger partial charge < -0.3 is 10.2 Å². The molecular formula is C11H23NO2. The van der Waals surface area contributed by atoms with Crippen LogP contribution in [0.4, 0.5) is 0 Å². The van der Waals surface area contributed by atoms with Crippen LogP contribution in [0, 0.1) is 0 Å². The summed E-state index contributed by atoms with van der Waals surface area (Å²) in [7, 11) is 0.